The monoisotopic (exact) mass is 355 g/mol. The van der Waals surface area contributed by atoms with Crippen LogP contribution in [0.4, 0.5) is 4.39 Å². The van der Waals surface area contributed by atoms with Crippen molar-refractivity contribution in [3.8, 4) is 5.75 Å². The van der Waals surface area contributed by atoms with Gasteiger partial charge in [-0.25, -0.2) is 9.82 Å². The van der Waals surface area contributed by atoms with E-state index in [1.54, 1.807) is 30.3 Å². The lowest BCUT2D eigenvalue weighted by Crippen LogP contribution is -2.34. The summed E-state index contributed by atoms with van der Waals surface area (Å²) in [5.74, 6) is -0.744. The van der Waals surface area contributed by atoms with Crippen LogP contribution in [-0.2, 0) is 4.79 Å². The molecule has 0 aromatic heterocycles. The fourth-order valence-corrected chi connectivity index (χ4v) is 1.92. The van der Waals surface area contributed by atoms with Crippen LogP contribution >= 0.6 is 0 Å². The van der Waals surface area contributed by atoms with Gasteiger partial charge in [-0.1, -0.05) is 24.8 Å². The molecule has 0 heterocycles. The third kappa shape index (κ3) is 6.20. The van der Waals surface area contributed by atoms with E-state index >= 15 is 0 Å². The Bertz CT molecular complexity index is 804. The molecule has 2 aromatic carbocycles. The van der Waals surface area contributed by atoms with Gasteiger partial charge in [0, 0.05) is 5.56 Å². The van der Waals surface area contributed by atoms with E-state index < -0.39 is 17.6 Å². The van der Waals surface area contributed by atoms with Gasteiger partial charge < -0.3 is 10.1 Å². The van der Waals surface area contributed by atoms with Crippen molar-refractivity contribution in [1.82, 2.24) is 10.7 Å². The Kier molecular flexibility index (Phi) is 7.05. The molecular formula is C19H18FN3O3. The molecule has 6 nitrogen and oxygen atoms in total. The van der Waals surface area contributed by atoms with E-state index in [4.69, 9.17) is 4.74 Å². The minimum Gasteiger partial charge on any atom is -0.490 e. The number of carbonyl (C=O) groups is 2. The summed E-state index contributed by atoms with van der Waals surface area (Å²) in [5, 5.41) is 6.25. The smallest absolute Gasteiger partial charge is 0.259 e. The summed E-state index contributed by atoms with van der Waals surface area (Å²) < 4.78 is 18.2. The molecule has 134 valence electrons. The zero-order chi connectivity index (χ0) is 18.8. The van der Waals surface area contributed by atoms with Gasteiger partial charge in [0.2, 0.25) is 0 Å². The van der Waals surface area contributed by atoms with E-state index in [-0.39, 0.29) is 12.1 Å². The Morgan fingerprint density at radius 3 is 2.69 bits per heavy atom. The van der Waals surface area contributed by atoms with Gasteiger partial charge in [0.1, 0.15) is 18.2 Å². The van der Waals surface area contributed by atoms with Gasteiger partial charge in [-0.05, 0) is 42.0 Å². The first-order valence-corrected chi connectivity index (χ1v) is 7.78. The Morgan fingerprint density at radius 1 is 1.19 bits per heavy atom. The van der Waals surface area contributed by atoms with Gasteiger partial charge in [-0.2, -0.15) is 5.10 Å². The summed E-state index contributed by atoms with van der Waals surface area (Å²) in [6.45, 7) is 3.71. The van der Waals surface area contributed by atoms with Crippen LogP contribution in [0.5, 0.6) is 5.75 Å². The number of benzene rings is 2. The third-order valence-electron chi connectivity index (χ3n) is 3.14. The Balaban J connectivity index is 1.79. The number of hydrazone groups is 1. The predicted molar refractivity (Wildman–Crippen MR) is 96.6 cm³/mol. The molecule has 0 spiro atoms. The maximum atomic E-state index is 12.8. The van der Waals surface area contributed by atoms with Crippen molar-refractivity contribution in [2.24, 2.45) is 5.10 Å². The maximum Gasteiger partial charge on any atom is 0.259 e. The number of ether oxygens (including phenoxy) is 1. The van der Waals surface area contributed by atoms with Crippen LogP contribution < -0.4 is 15.5 Å². The lowest BCUT2D eigenvalue weighted by molar-refractivity contribution is -0.120. The highest BCUT2D eigenvalue weighted by atomic mass is 19.1. The number of amides is 2. The lowest BCUT2D eigenvalue weighted by atomic mass is 10.2. The van der Waals surface area contributed by atoms with E-state index in [1.807, 2.05) is 0 Å². The number of nitrogens with one attached hydrogen (secondary N) is 2. The number of carbonyl (C=O) groups excluding carboxylic acids is 2. The van der Waals surface area contributed by atoms with Crippen LogP contribution in [0.2, 0.25) is 0 Å². The molecule has 0 aliphatic heterocycles. The second-order valence-electron chi connectivity index (χ2n) is 5.15. The average molecular weight is 355 g/mol. The molecule has 0 unspecified atom stereocenters. The Labute approximate surface area is 150 Å². The summed E-state index contributed by atoms with van der Waals surface area (Å²) in [7, 11) is 0. The fraction of sp³-hybridized carbons (Fsp3) is 0.105. The van der Waals surface area contributed by atoms with E-state index in [0.717, 1.165) is 5.56 Å². The van der Waals surface area contributed by atoms with E-state index in [0.29, 0.717) is 12.4 Å². The van der Waals surface area contributed by atoms with Crippen molar-refractivity contribution in [3.63, 3.8) is 0 Å². The van der Waals surface area contributed by atoms with Crippen molar-refractivity contribution in [2.45, 2.75) is 0 Å². The molecule has 0 atom stereocenters. The minimum absolute atomic E-state index is 0.254. The average Bonchev–Trinajstić information content (AvgIpc) is 2.65. The highest BCUT2D eigenvalue weighted by molar-refractivity contribution is 5.96. The predicted octanol–water partition coefficient (Wildman–Crippen LogP) is 2.27. The number of rotatable bonds is 8. The number of halogens is 1. The summed E-state index contributed by atoms with van der Waals surface area (Å²) in [4.78, 5) is 23.5. The second-order valence-corrected chi connectivity index (χ2v) is 5.15. The first kappa shape index (κ1) is 18.9. The second kappa shape index (κ2) is 9.73. The van der Waals surface area contributed by atoms with Crippen LogP contribution in [-0.4, -0.2) is 31.2 Å². The fourth-order valence-electron chi connectivity index (χ4n) is 1.92. The molecule has 2 rings (SSSR count). The van der Waals surface area contributed by atoms with E-state index in [1.165, 1.54) is 30.5 Å². The van der Waals surface area contributed by atoms with Gasteiger partial charge in [0.25, 0.3) is 11.8 Å². The van der Waals surface area contributed by atoms with Crippen LogP contribution in [0, 0.1) is 5.82 Å². The van der Waals surface area contributed by atoms with Crippen LogP contribution in [0.25, 0.3) is 0 Å². The Hall–Kier alpha value is -3.48. The topological polar surface area (TPSA) is 79.8 Å². The van der Waals surface area contributed by atoms with Crippen LogP contribution in [0.1, 0.15) is 15.9 Å². The van der Waals surface area contributed by atoms with Crippen molar-refractivity contribution in [1.29, 1.82) is 0 Å². The molecule has 0 saturated heterocycles. The summed E-state index contributed by atoms with van der Waals surface area (Å²) >= 11 is 0. The first-order chi connectivity index (χ1) is 12.6. The molecule has 0 aliphatic carbocycles. The van der Waals surface area contributed by atoms with Gasteiger partial charge in [0.05, 0.1) is 12.8 Å². The van der Waals surface area contributed by atoms with Crippen molar-refractivity contribution >= 4 is 18.0 Å². The van der Waals surface area contributed by atoms with Gasteiger partial charge in [0.15, 0.2) is 0 Å². The van der Waals surface area contributed by atoms with Gasteiger partial charge in [-0.15, -0.1) is 0 Å². The molecular weight excluding hydrogens is 337 g/mol. The molecule has 0 saturated carbocycles. The number of hydrogen-bond acceptors (Lipinski definition) is 4. The maximum absolute atomic E-state index is 12.8. The Morgan fingerprint density at radius 2 is 1.96 bits per heavy atom. The zero-order valence-corrected chi connectivity index (χ0v) is 13.9. The molecule has 2 amide bonds. The number of nitrogens with zero attached hydrogens (tertiary/aromatic N) is 1. The van der Waals surface area contributed by atoms with Crippen molar-refractivity contribution < 1.29 is 18.7 Å². The van der Waals surface area contributed by atoms with Crippen LogP contribution in [0.3, 0.4) is 0 Å². The van der Waals surface area contributed by atoms with Gasteiger partial charge in [-0.3, -0.25) is 9.59 Å². The molecule has 2 aromatic rings. The number of hydrogen-bond donors (Lipinski definition) is 2. The van der Waals surface area contributed by atoms with Crippen LogP contribution in [0.15, 0.2) is 66.3 Å². The molecule has 7 heteroatoms. The molecule has 0 fully saturated rings. The molecule has 26 heavy (non-hydrogen) atoms. The minimum atomic E-state index is -0.490. The zero-order valence-electron chi connectivity index (χ0n) is 13.9. The first-order valence-electron chi connectivity index (χ1n) is 7.78. The highest BCUT2D eigenvalue weighted by Gasteiger charge is 2.07. The quantitative estimate of drug-likeness (QED) is 0.433. The van der Waals surface area contributed by atoms with Gasteiger partial charge >= 0.3 is 0 Å². The molecule has 0 bridgehead atoms. The van der Waals surface area contributed by atoms with Crippen molar-refractivity contribution in [3.05, 3.63) is 78.1 Å². The summed E-state index contributed by atoms with van der Waals surface area (Å²) in [6, 6.07) is 12.2. The highest BCUT2D eigenvalue weighted by Crippen LogP contribution is 2.11. The normalized spacial score (nSPS) is 10.3. The largest absolute Gasteiger partial charge is 0.490 e. The standard InChI is InChI=1S/C19H18FN3O3/c1-2-10-26-17-5-3-4-14(11-17)12-22-23-18(24)13-21-19(25)15-6-8-16(20)9-7-15/h2-9,11-12H,1,10,13H2,(H,21,25)(H,23,24)/b22-12+. The lowest BCUT2D eigenvalue weighted by Gasteiger charge is -2.05. The van der Waals surface area contributed by atoms with E-state index in [2.05, 4.69) is 22.4 Å². The molecule has 2 N–H and O–H groups in total. The third-order valence-corrected chi connectivity index (χ3v) is 3.14. The molecule has 0 radical (unpaired) electrons. The summed E-state index contributed by atoms with van der Waals surface area (Å²) in [5.41, 5.74) is 3.31. The van der Waals surface area contributed by atoms with Crippen molar-refractivity contribution in [2.75, 3.05) is 13.2 Å². The summed E-state index contributed by atoms with van der Waals surface area (Å²) in [6.07, 6.45) is 3.10. The molecule has 0 aliphatic rings. The van der Waals surface area contributed by atoms with E-state index in [9.17, 15) is 14.0 Å². The SMILES string of the molecule is C=CCOc1cccc(/C=N/NC(=O)CNC(=O)c2ccc(F)cc2)c1.